The van der Waals surface area contributed by atoms with E-state index in [0.29, 0.717) is 19.6 Å². The summed E-state index contributed by atoms with van der Waals surface area (Å²) < 4.78 is 0. The van der Waals surface area contributed by atoms with E-state index in [1.807, 2.05) is 24.3 Å². The average molecular weight is 275 g/mol. The van der Waals surface area contributed by atoms with Gasteiger partial charge in [-0.1, -0.05) is 25.1 Å². The van der Waals surface area contributed by atoms with Crippen molar-refractivity contribution in [2.45, 2.75) is 19.3 Å². The molecule has 1 aromatic carbocycles. The van der Waals surface area contributed by atoms with E-state index in [-0.39, 0.29) is 5.92 Å². The first-order valence-electron chi connectivity index (χ1n) is 6.92. The van der Waals surface area contributed by atoms with E-state index in [9.17, 15) is 9.59 Å². The number of carbonyl (C=O) groups is 2. The van der Waals surface area contributed by atoms with Crippen molar-refractivity contribution in [2.24, 2.45) is 5.73 Å². The van der Waals surface area contributed by atoms with E-state index < -0.39 is 11.8 Å². The van der Waals surface area contributed by atoms with Gasteiger partial charge >= 0.3 is 11.8 Å². The molecule has 0 aliphatic carbocycles. The highest BCUT2D eigenvalue weighted by Gasteiger charge is 2.32. The Bertz CT molecular complexity index is 516. The summed E-state index contributed by atoms with van der Waals surface area (Å²) in [5.74, 6) is -0.637. The van der Waals surface area contributed by atoms with Crippen LogP contribution in [0.3, 0.4) is 0 Å². The number of rotatable bonds is 4. The molecule has 1 aliphatic rings. The Morgan fingerprint density at radius 3 is 2.60 bits per heavy atom. The number of nitrogens with zero attached hydrogens (tertiary/aromatic N) is 2. The predicted molar refractivity (Wildman–Crippen MR) is 78.5 cm³/mol. The number of hydrogen-bond donors (Lipinski definition) is 1. The minimum atomic E-state index is -0.453. The Morgan fingerprint density at radius 2 is 1.90 bits per heavy atom. The lowest BCUT2D eigenvalue weighted by atomic mass is 9.95. The molecule has 2 rings (SSSR count). The van der Waals surface area contributed by atoms with Crippen LogP contribution in [0, 0.1) is 0 Å². The van der Waals surface area contributed by atoms with Crippen molar-refractivity contribution in [1.82, 2.24) is 4.90 Å². The zero-order chi connectivity index (χ0) is 14.7. The number of carbonyl (C=O) groups excluding carboxylic acids is 2. The monoisotopic (exact) mass is 275 g/mol. The van der Waals surface area contributed by atoms with Crippen LogP contribution in [0.1, 0.15) is 24.8 Å². The molecule has 1 saturated heterocycles. The van der Waals surface area contributed by atoms with E-state index in [2.05, 4.69) is 6.92 Å². The van der Waals surface area contributed by atoms with Gasteiger partial charge in [-0.15, -0.1) is 0 Å². The van der Waals surface area contributed by atoms with Crippen LogP contribution in [-0.2, 0) is 9.59 Å². The summed E-state index contributed by atoms with van der Waals surface area (Å²) in [6.45, 7) is 3.79. The fourth-order valence-corrected chi connectivity index (χ4v) is 2.52. The zero-order valence-electron chi connectivity index (χ0n) is 12.0. The molecule has 1 aliphatic heterocycles. The summed E-state index contributed by atoms with van der Waals surface area (Å²) in [6, 6.07) is 7.75. The van der Waals surface area contributed by atoms with Gasteiger partial charge in [-0.2, -0.15) is 0 Å². The summed E-state index contributed by atoms with van der Waals surface area (Å²) >= 11 is 0. The second kappa shape index (κ2) is 6.05. The number of hydrogen-bond acceptors (Lipinski definition) is 3. The van der Waals surface area contributed by atoms with E-state index in [1.165, 1.54) is 4.90 Å². The number of anilines is 1. The maximum absolute atomic E-state index is 12.2. The Kier molecular flexibility index (Phi) is 4.39. The fraction of sp³-hybridized carbons (Fsp3) is 0.467. The van der Waals surface area contributed by atoms with Gasteiger partial charge < -0.3 is 15.5 Å². The van der Waals surface area contributed by atoms with Gasteiger partial charge in [0.25, 0.3) is 0 Å². The van der Waals surface area contributed by atoms with Crippen molar-refractivity contribution in [3.63, 3.8) is 0 Å². The summed E-state index contributed by atoms with van der Waals surface area (Å²) in [5.41, 5.74) is 7.53. The van der Waals surface area contributed by atoms with Gasteiger partial charge in [-0.3, -0.25) is 9.59 Å². The minimum absolute atomic E-state index is 0.263. The quantitative estimate of drug-likeness (QED) is 0.832. The number of likely N-dealkylation sites (N-methyl/N-ethyl adjacent to an activating group) is 1. The Morgan fingerprint density at radius 1 is 1.20 bits per heavy atom. The molecular formula is C15H21N3O2. The van der Waals surface area contributed by atoms with Gasteiger partial charge in [-0.05, 0) is 30.5 Å². The Labute approximate surface area is 119 Å². The first-order valence-corrected chi connectivity index (χ1v) is 6.92. The predicted octanol–water partition coefficient (Wildman–Crippen LogP) is 0.944. The number of para-hydroxylation sites is 1. The van der Waals surface area contributed by atoms with Crippen molar-refractivity contribution in [2.75, 3.05) is 31.6 Å². The van der Waals surface area contributed by atoms with E-state index >= 15 is 0 Å². The zero-order valence-corrected chi connectivity index (χ0v) is 12.0. The first kappa shape index (κ1) is 14.5. The molecule has 0 radical (unpaired) electrons. The molecule has 1 aromatic rings. The largest absolute Gasteiger partial charge is 0.336 e. The molecule has 0 aromatic heterocycles. The van der Waals surface area contributed by atoms with Crippen molar-refractivity contribution in [1.29, 1.82) is 0 Å². The molecule has 2 N–H and O–H groups in total. The number of piperazine rings is 1. The molecule has 5 nitrogen and oxygen atoms in total. The lowest BCUT2D eigenvalue weighted by molar-refractivity contribution is -0.145. The van der Waals surface area contributed by atoms with Gasteiger partial charge in [0.1, 0.15) is 0 Å². The number of nitrogens with two attached hydrogens (primary N) is 1. The fourth-order valence-electron chi connectivity index (χ4n) is 2.52. The molecule has 0 saturated carbocycles. The van der Waals surface area contributed by atoms with Crippen molar-refractivity contribution in [3.05, 3.63) is 29.8 Å². The van der Waals surface area contributed by atoms with E-state index in [0.717, 1.165) is 17.7 Å². The molecular weight excluding hydrogens is 254 g/mol. The normalized spacial score (nSPS) is 17.6. The third kappa shape index (κ3) is 2.67. The summed E-state index contributed by atoms with van der Waals surface area (Å²) in [7, 11) is 1.65. The number of benzene rings is 1. The number of amides is 2. The molecule has 0 bridgehead atoms. The first-order chi connectivity index (χ1) is 9.56. The van der Waals surface area contributed by atoms with Gasteiger partial charge in [0, 0.05) is 25.8 Å². The van der Waals surface area contributed by atoms with Crippen LogP contribution in [0.2, 0.25) is 0 Å². The van der Waals surface area contributed by atoms with Gasteiger partial charge in [0.2, 0.25) is 0 Å². The highest BCUT2D eigenvalue weighted by molar-refractivity contribution is 6.41. The Balaban J connectivity index is 2.33. The lowest BCUT2D eigenvalue weighted by Crippen LogP contribution is -2.53. The third-order valence-corrected chi connectivity index (χ3v) is 3.79. The smallest absolute Gasteiger partial charge is 0.316 e. The second-order valence-electron chi connectivity index (χ2n) is 5.22. The van der Waals surface area contributed by atoms with Crippen LogP contribution < -0.4 is 10.6 Å². The standard InChI is InChI=1S/C15H21N3O2/c1-11(7-8-16)12-5-3-4-6-13(12)18-10-9-17(2)14(19)15(18)20/h3-6,11H,7-10,16H2,1-2H3. The van der Waals surface area contributed by atoms with Gasteiger partial charge in [0.05, 0.1) is 0 Å². The van der Waals surface area contributed by atoms with Crippen LogP contribution in [0.4, 0.5) is 5.69 Å². The van der Waals surface area contributed by atoms with Crippen LogP contribution >= 0.6 is 0 Å². The highest BCUT2D eigenvalue weighted by atomic mass is 16.2. The average Bonchev–Trinajstić information content (AvgIpc) is 2.45. The van der Waals surface area contributed by atoms with Crippen molar-refractivity contribution in [3.8, 4) is 0 Å². The lowest BCUT2D eigenvalue weighted by Gasteiger charge is -2.33. The van der Waals surface area contributed by atoms with Crippen LogP contribution in [0.15, 0.2) is 24.3 Å². The maximum atomic E-state index is 12.2. The molecule has 20 heavy (non-hydrogen) atoms. The van der Waals surface area contributed by atoms with Crippen LogP contribution in [0.25, 0.3) is 0 Å². The summed E-state index contributed by atoms with van der Waals surface area (Å²) in [6.07, 6.45) is 0.854. The maximum Gasteiger partial charge on any atom is 0.316 e. The van der Waals surface area contributed by atoms with Crippen LogP contribution in [0.5, 0.6) is 0 Å². The molecule has 2 amide bonds. The topological polar surface area (TPSA) is 66.6 Å². The molecule has 1 atom stereocenters. The molecule has 108 valence electrons. The third-order valence-electron chi connectivity index (χ3n) is 3.79. The SMILES string of the molecule is CC(CCN)c1ccccc1N1CCN(C)C(=O)C1=O. The Hall–Kier alpha value is -1.88. The van der Waals surface area contributed by atoms with Crippen LogP contribution in [-0.4, -0.2) is 43.4 Å². The minimum Gasteiger partial charge on any atom is -0.336 e. The van der Waals surface area contributed by atoms with Gasteiger partial charge in [0.15, 0.2) is 0 Å². The van der Waals surface area contributed by atoms with E-state index in [1.54, 1.807) is 11.9 Å². The molecule has 1 unspecified atom stereocenters. The molecule has 1 fully saturated rings. The van der Waals surface area contributed by atoms with E-state index in [4.69, 9.17) is 5.73 Å². The summed E-state index contributed by atoms with van der Waals surface area (Å²) in [5, 5.41) is 0. The van der Waals surface area contributed by atoms with Crippen molar-refractivity contribution < 1.29 is 9.59 Å². The molecule has 1 heterocycles. The molecule has 5 heteroatoms. The highest BCUT2D eigenvalue weighted by Crippen LogP contribution is 2.30. The summed E-state index contributed by atoms with van der Waals surface area (Å²) in [4.78, 5) is 27.1. The van der Waals surface area contributed by atoms with Gasteiger partial charge in [-0.25, -0.2) is 0 Å². The molecule has 0 spiro atoms. The second-order valence-corrected chi connectivity index (χ2v) is 5.22. The van der Waals surface area contributed by atoms with Crippen molar-refractivity contribution >= 4 is 17.5 Å².